The second-order valence-electron chi connectivity index (χ2n) is 7.10. The summed E-state index contributed by atoms with van der Waals surface area (Å²) in [5.74, 6) is -0.187. The second kappa shape index (κ2) is 9.66. The molecule has 5 nitrogen and oxygen atoms in total. The number of hydrogen-bond donors (Lipinski definition) is 3. The Morgan fingerprint density at radius 1 is 0.724 bits per heavy atom. The molecule has 0 saturated heterocycles. The van der Waals surface area contributed by atoms with E-state index in [1.165, 1.54) is 16.0 Å². The number of amides is 2. The Balaban J connectivity index is 1.55. The van der Waals surface area contributed by atoms with E-state index in [9.17, 15) is 9.59 Å². The van der Waals surface area contributed by atoms with Gasteiger partial charge in [0, 0.05) is 35.0 Å². The summed E-state index contributed by atoms with van der Waals surface area (Å²) in [5, 5.41) is 5.52. The van der Waals surface area contributed by atoms with E-state index < -0.39 is 0 Å². The molecule has 0 heterocycles. The lowest BCUT2D eigenvalue weighted by Crippen LogP contribution is -3.06. The van der Waals surface area contributed by atoms with Crippen LogP contribution in [-0.4, -0.2) is 25.9 Å². The minimum Gasteiger partial charge on any atom is -0.355 e. The number of nitrogens with one attached hydrogen (secondary N) is 3. The van der Waals surface area contributed by atoms with Crippen molar-refractivity contribution in [3.8, 4) is 0 Å². The lowest BCUT2D eigenvalue weighted by Gasteiger charge is -2.15. The number of quaternary nitrogens is 1. The molecule has 3 aromatic rings. The van der Waals surface area contributed by atoms with Crippen LogP contribution >= 0.6 is 0 Å². The van der Waals surface area contributed by atoms with Crippen molar-refractivity contribution in [1.82, 2.24) is 5.32 Å². The third kappa shape index (κ3) is 5.77. The normalized spacial score (nSPS) is 11.5. The smallest absolute Gasteiger partial charge is 0.255 e. The predicted molar refractivity (Wildman–Crippen MR) is 115 cm³/mol. The van der Waals surface area contributed by atoms with E-state index in [1.54, 1.807) is 7.05 Å². The van der Waals surface area contributed by atoms with Crippen LogP contribution in [0.2, 0.25) is 0 Å². The fourth-order valence-corrected chi connectivity index (χ4v) is 3.18. The zero-order valence-electron chi connectivity index (χ0n) is 16.7. The zero-order valence-corrected chi connectivity index (χ0v) is 16.7. The van der Waals surface area contributed by atoms with Gasteiger partial charge in [-0.3, -0.25) is 9.59 Å². The second-order valence-corrected chi connectivity index (χ2v) is 7.10. The Hall–Kier alpha value is -3.44. The summed E-state index contributed by atoms with van der Waals surface area (Å²) in [6.45, 7) is 1.70. The van der Waals surface area contributed by atoms with E-state index in [1.807, 2.05) is 78.9 Å². The molecule has 2 amide bonds. The number of para-hydroxylation sites is 1. The quantitative estimate of drug-likeness (QED) is 0.582. The molecular formula is C24H26N3O2+. The summed E-state index contributed by atoms with van der Waals surface area (Å²) in [7, 11) is 3.76. The van der Waals surface area contributed by atoms with Crippen molar-refractivity contribution in [3.63, 3.8) is 0 Å². The van der Waals surface area contributed by atoms with Gasteiger partial charge in [-0.15, -0.1) is 0 Å². The van der Waals surface area contributed by atoms with Gasteiger partial charge < -0.3 is 15.5 Å². The lowest BCUT2D eigenvalue weighted by atomic mass is 10.1. The number of hydrogen-bond acceptors (Lipinski definition) is 2. The van der Waals surface area contributed by atoms with E-state index in [0.29, 0.717) is 11.1 Å². The van der Waals surface area contributed by atoms with Crippen LogP contribution in [-0.2, 0) is 13.1 Å². The average molecular weight is 388 g/mol. The maximum absolute atomic E-state index is 12.3. The standard InChI is InChI=1S/C24H25N3O2/c1-25-23(28)20-12-8-18(9-13-20)16-27(2)17-19-10-14-21(15-11-19)24(29)26-22-6-4-3-5-7-22/h3-15H,16-17H2,1-2H3,(H,25,28)(H,26,29)/p+1. The van der Waals surface area contributed by atoms with Gasteiger partial charge in [-0.1, -0.05) is 42.5 Å². The van der Waals surface area contributed by atoms with Gasteiger partial charge in [-0.2, -0.15) is 0 Å². The van der Waals surface area contributed by atoms with Crippen molar-refractivity contribution in [2.75, 3.05) is 19.4 Å². The monoisotopic (exact) mass is 388 g/mol. The SMILES string of the molecule is CNC(=O)c1ccc(C[NH+](C)Cc2ccc(C(=O)Nc3ccccc3)cc2)cc1. The highest BCUT2D eigenvalue weighted by Crippen LogP contribution is 2.10. The first-order chi connectivity index (χ1) is 14.0. The molecule has 0 aromatic heterocycles. The van der Waals surface area contributed by atoms with Crippen molar-refractivity contribution < 1.29 is 14.5 Å². The third-order valence-electron chi connectivity index (χ3n) is 4.70. The molecule has 0 aliphatic heterocycles. The molecule has 0 aliphatic rings. The van der Waals surface area contributed by atoms with Crippen molar-refractivity contribution in [3.05, 3.63) is 101 Å². The van der Waals surface area contributed by atoms with Gasteiger partial charge in [0.1, 0.15) is 13.1 Å². The topological polar surface area (TPSA) is 62.6 Å². The highest BCUT2D eigenvalue weighted by molar-refractivity contribution is 6.04. The van der Waals surface area contributed by atoms with Crippen LogP contribution in [0.3, 0.4) is 0 Å². The summed E-state index contributed by atoms with van der Waals surface area (Å²) in [4.78, 5) is 25.3. The number of rotatable bonds is 7. The van der Waals surface area contributed by atoms with Crippen LogP contribution in [0, 0.1) is 0 Å². The van der Waals surface area contributed by atoms with Gasteiger partial charge in [-0.25, -0.2) is 0 Å². The van der Waals surface area contributed by atoms with Crippen molar-refractivity contribution in [2.45, 2.75) is 13.1 Å². The Bertz CT molecular complexity index is 952. The molecule has 3 N–H and O–H groups in total. The number of carbonyl (C=O) groups is 2. The molecule has 0 saturated carbocycles. The number of benzene rings is 3. The van der Waals surface area contributed by atoms with Gasteiger partial charge in [0.15, 0.2) is 0 Å². The molecule has 3 aromatic carbocycles. The van der Waals surface area contributed by atoms with E-state index in [4.69, 9.17) is 0 Å². The van der Waals surface area contributed by atoms with E-state index >= 15 is 0 Å². The van der Waals surface area contributed by atoms with Crippen LogP contribution in [0.5, 0.6) is 0 Å². The Kier molecular flexibility index (Phi) is 6.76. The van der Waals surface area contributed by atoms with E-state index in [-0.39, 0.29) is 11.8 Å². The van der Waals surface area contributed by atoms with Crippen LogP contribution < -0.4 is 15.5 Å². The molecule has 3 rings (SSSR count). The molecule has 0 radical (unpaired) electrons. The van der Waals surface area contributed by atoms with E-state index in [2.05, 4.69) is 17.7 Å². The Labute approximate surface area is 171 Å². The predicted octanol–water partition coefficient (Wildman–Crippen LogP) is 2.51. The molecular weight excluding hydrogens is 362 g/mol. The first-order valence-electron chi connectivity index (χ1n) is 9.63. The molecule has 0 aliphatic carbocycles. The summed E-state index contributed by atoms with van der Waals surface area (Å²) in [6.07, 6.45) is 0. The lowest BCUT2D eigenvalue weighted by molar-refractivity contribution is -0.907. The zero-order chi connectivity index (χ0) is 20.6. The summed E-state index contributed by atoms with van der Waals surface area (Å²) in [5.41, 5.74) is 4.43. The van der Waals surface area contributed by atoms with Crippen LogP contribution in [0.1, 0.15) is 31.8 Å². The molecule has 0 bridgehead atoms. The fourth-order valence-electron chi connectivity index (χ4n) is 3.18. The first-order valence-corrected chi connectivity index (χ1v) is 9.63. The molecule has 1 atom stereocenters. The van der Waals surface area contributed by atoms with Gasteiger partial charge in [0.2, 0.25) is 0 Å². The van der Waals surface area contributed by atoms with Crippen LogP contribution in [0.25, 0.3) is 0 Å². The van der Waals surface area contributed by atoms with Gasteiger partial charge in [0.05, 0.1) is 7.05 Å². The molecule has 1 unspecified atom stereocenters. The molecule has 148 valence electrons. The molecule has 29 heavy (non-hydrogen) atoms. The Morgan fingerprint density at radius 3 is 1.69 bits per heavy atom. The highest BCUT2D eigenvalue weighted by Gasteiger charge is 2.09. The van der Waals surface area contributed by atoms with Crippen molar-refractivity contribution in [1.29, 1.82) is 0 Å². The third-order valence-corrected chi connectivity index (χ3v) is 4.70. The van der Waals surface area contributed by atoms with Crippen LogP contribution in [0.4, 0.5) is 5.69 Å². The van der Waals surface area contributed by atoms with Crippen molar-refractivity contribution >= 4 is 17.5 Å². The minimum absolute atomic E-state index is 0.0753. The van der Waals surface area contributed by atoms with Crippen LogP contribution in [0.15, 0.2) is 78.9 Å². The summed E-state index contributed by atoms with van der Waals surface area (Å²) >= 11 is 0. The number of anilines is 1. The van der Waals surface area contributed by atoms with Gasteiger partial charge in [0.25, 0.3) is 11.8 Å². The molecule has 5 heteroatoms. The molecule has 0 spiro atoms. The van der Waals surface area contributed by atoms with Gasteiger partial charge in [-0.05, 0) is 36.4 Å². The van der Waals surface area contributed by atoms with Crippen molar-refractivity contribution in [2.24, 2.45) is 0 Å². The highest BCUT2D eigenvalue weighted by atomic mass is 16.2. The largest absolute Gasteiger partial charge is 0.355 e. The fraction of sp³-hybridized carbons (Fsp3) is 0.167. The van der Waals surface area contributed by atoms with Gasteiger partial charge >= 0.3 is 0 Å². The summed E-state index contributed by atoms with van der Waals surface area (Å²) < 4.78 is 0. The first kappa shape index (κ1) is 20.3. The average Bonchev–Trinajstić information content (AvgIpc) is 2.75. The maximum Gasteiger partial charge on any atom is 0.255 e. The maximum atomic E-state index is 12.3. The summed E-state index contributed by atoms with van der Waals surface area (Å²) in [6, 6.07) is 24.8. The van der Waals surface area contributed by atoms with E-state index in [0.717, 1.165) is 18.8 Å². The Morgan fingerprint density at radius 2 is 1.21 bits per heavy atom. The minimum atomic E-state index is -0.111. The number of carbonyl (C=O) groups excluding carboxylic acids is 2. The molecule has 0 fully saturated rings.